The zero-order valence-electron chi connectivity index (χ0n) is 16.9. The summed E-state index contributed by atoms with van der Waals surface area (Å²) in [5, 5.41) is 5.39. The maximum absolute atomic E-state index is 13.2. The summed E-state index contributed by atoms with van der Waals surface area (Å²) in [5.41, 5.74) is 7.00. The van der Waals surface area contributed by atoms with Crippen molar-refractivity contribution in [1.82, 2.24) is 10.2 Å². The van der Waals surface area contributed by atoms with Gasteiger partial charge in [0.05, 0.1) is 6.04 Å². The SMILES string of the molecule is CC(C)CC(C(=O)NC(CN)c1ccc2ccccc2c1)N1CCCCC1=O. The maximum atomic E-state index is 13.2. The van der Waals surface area contributed by atoms with Crippen LogP contribution in [0.25, 0.3) is 10.8 Å². The van der Waals surface area contributed by atoms with Gasteiger partial charge in [-0.05, 0) is 47.6 Å². The van der Waals surface area contributed by atoms with Crippen LogP contribution in [0.15, 0.2) is 42.5 Å². The molecule has 1 aliphatic heterocycles. The highest BCUT2D eigenvalue weighted by molar-refractivity contribution is 5.88. The first-order chi connectivity index (χ1) is 13.5. The van der Waals surface area contributed by atoms with E-state index in [2.05, 4.69) is 43.4 Å². The molecule has 1 aliphatic rings. The highest BCUT2D eigenvalue weighted by Crippen LogP contribution is 2.23. The molecular formula is C23H31N3O2. The predicted octanol–water partition coefficient (Wildman–Crippen LogP) is 3.38. The number of carbonyl (C=O) groups is 2. The molecular weight excluding hydrogens is 350 g/mol. The van der Waals surface area contributed by atoms with Crippen LogP contribution in [0.5, 0.6) is 0 Å². The van der Waals surface area contributed by atoms with Crippen LogP contribution >= 0.6 is 0 Å². The van der Waals surface area contributed by atoms with Crippen LogP contribution in [0.1, 0.15) is 51.1 Å². The van der Waals surface area contributed by atoms with Gasteiger partial charge >= 0.3 is 0 Å². The lowest BCUT2D eigenvalue weighted by atomic mass is 9.97. The van der Waals surface area contributed by atoms with Crippen molar-refractivity contribution in [2.24, 2.45) is 11.7 Å². The largest absolute Gasteiger partial charge is 0.346 e. The predicted molar refractivity (Wildman–Crippen MR) is 113 cm³/mol. The molecule has 0 aromatic heterocycles. The van der Waals surface area contributed by atoms with Crippen LogP contribution in [0.3, 0.4) is 0 Å². The fraction of sp³-hybridized carbons (Fsp3) is 0.478. The third-order valence-electron chi connectivity index (χ3n) is 5.46. The number of hydrogen-bond acceptors (Lipinski definition) is 3. The summed E-state index contributed by atoms with van der Waals surface area (Å²) < 4.78 is 0. The Morgan fingerprint density at radius 3 is 2.57 bits per heavy atom. The van der Waals surface area contributed by atoms with E-state index in [1.807, 2.05) is 18.2 Å². The summed E-state index contributed by atoms with van der Waals surface area (Å²) in [6.07, 6.45) is 3.06. The van der Waals surface area contributed by atoms with Crippen LogP contribution in [0.4, 0.5) is 0 Å². The van der Waals surface area contributed by atoms with E-state index in [9.17, 15) is 9.59 Å². The Morgan fingerprint density at radius 2 is 1.89 bits per heavy atom. The average Bonchev–Trinajstić information content (AvgIpc) is 2.70. The molecule has 150 valence electrons. The molecule has 28 heavy (non-hydrogen) atoms. The van der Waals surface area contributed by atoms with E-state index in [1.54, 1.807) is 4.90 Å². The number of piperidine rings is 1. The van der Waals surface area contributed by atoms with E-state index in [1.165, 1.54) is 0 Å². The van der Waals surface area contributed by atoms with Crippen molar-refractivity contribution in [3.8, 4) is 0 Å². The Kier molecular flexibility index (Phi) is 6.68. The van der Waals surface area contributed by atoms with E-state index < -0.39 is 6.04 Å². The molecule has 2 unspecified atom stereocenters. The fourth-order valence-electron chi connectivity index (χ4n) is 3.95. The van der Waals surface area contributed by atoms with Crippen LogP contribution in [0.2, 0.25) is 0 Å². The van der Waals surface area contributed by atoms with Crippen LogP contribution in [-0.4, -0.2) is 35.8 Å². The van der Waals surface area contributed by atoms with Gasteiger partial charge in [0.2, 0.25) is 11.8 Å². The van der Waals surface area contributed by atoms with Gasteiger partial charge in [0, 0.05) is 19.5 Å². The molecule has 2 amide bonds. The van der Waals surface area contributed by atoms with Crippen molar-refractivity contribution in [2.45, 2.75) is 51.6 Å². The third kappa shape index (κ3) is 4.71. The first-order valence-corrected chi connectivity index (χ1v) is 10.3. The monoisotopic (exact) mass is 381 g/mol. The molecule has 2 aromatic rings. The number of hydrogen-bond donors (Lipinski definition) is 2. The minimum absolute atomic E-state index is 0.0852. The van der Waals surface area contributed by atoms with Crippen molar-refractivity contribution >= 4 is 22.6 Å². The summed E-state index contributed by atoms with van der Waals surface area (Å²) in [7, 11) is 0. The molecule has 0 saturated carbocycles. The first kappa shape index (κ1) is 20.3. The summed E-state index contributed by atoms with van der Waals surface area (Å²) in [5.74, 6) is 0.303. The van der Waals surface area contributed by atoms with E-state index >= 15 is 0 Å². The van der Waals surface area contributed by atoms with Crippen LogP contribution in [0, 0.1) is 5.92 Å². The van der Waals surface area contributed by atoms with E-state index in [0.717, 1.165) is 29.2 Å². The molecule has 1 heterocycles. The highest BCUT2D eigenvalue weighted by atomic mass is 16.2. The summed E-state index contributed by atoms with van der Waals surface area (Å²) in [4.78, 5) is 27.4. The van der Waals surface area contributed by atoms with E-state index in [4.69, 9.17) is 5.73 Å². The quantitative estimate of drug-likeness (QED) is 0.772. The normalized spacial score (nSPS) is 17.0. The molecule has 0 radical (unpaired) electrons. The lowest BCUT2D eigenvalue weighted by Gasteiger charge is -2.35. The topological polar surface area (TPSA) is 75.4 Å². The van der Waals surface area contributed by atoms with Crippen molar-refractivity contribution in [2.75, 3.05) is 13.1 Å². The second-order valence-electron chi connectivity index (χ2n) is 8.09. The van der Waals surface area contributed by atoms with Gasteiger partial charge in [-0.25, -0.2) is 0 Å². The smallest absolute Gasteiger partial charge is 0.243 e. The molecule has 3 N–H and O–H groups in total. The van der Waals surface area contributed by atoms with Gasteiger partial charge in [0.15, 0.2) is 0 Å². The van der Waals surface area contributed by atoms with Gasteiger partial charge in [-0.3, -0.25) is 9.59 Å². The minimum Gasteiger partial charge on any atom is -0.346 e. The van der Waals surface area contributed by atoms with Gasteiger partial charge in [-0.2, -0.15) is 0 Å². The molecule has 1 fully saturated rings. The van der Waals surface area contributed by atoms with Gasteiger partial charge in [0.25, 0.3) is 0 Å². The lowest BCUT2D eigenvalue weighted by Crippen LogP contribution is -2.53. The number of rotatable bonds is 7. The van der Waals surface area contributed by atoms with Gasteiger partial charge in [-0.1, -0.05) is 50.2 Å². The molecule has 3 rings (SSSR count). The fourth-order valence-corrected chi connectivity index (χ4v) is 3.95. The molecule has 5 heteroatoms. The Hall–Kier alpha value is -2.40. The number of likely N-dealkylation sites (tertiary alicyclic amines) is 1. The van der Waals surface area contributed by atoms with Crippen molar-refractivity contribution in [3.05, 3.63) is 48.0 Å². The third-order valence-corrected chi connectivity index (χ3v) is 5.46. The van der Waals surface area contributed by atoms with Crippen molar-refractivity contribution in [3.63, 3.8) is 0 Å². The number of nitrogens with zero attached hydrogens (tertiary/aromatic N) is 1. The molecule has 1 saturated heterocycles. The number of nitrogens with two attached hydrogens (primary N) is 1. The lowest BCUT2D eigenvalue weighted by molar-refractivity contribution is -0.143. The number of amides is 2. The number of fused-ring (bicyclic) bond motifs is 1. The molecule has 2 atom stereocenters. The minimum atomic E-state index is -0.428. The number of benzene rings is 2. The van der Waals surface area contributed by atoms with Gasteiger partial charge in [-0.15, -0.1) is 0 Å². The van der Waals surface area contributed by atoms with E-state index in [-0.39, 0.29) is 17.9 Å². The number of carbonyl (C=O) groups excluding carboxylic acids is 2. The van der Waals surface area contributed by atoms with Crippen molar-refractivity contribution in [1.29, 1.82) is 0 Å². The molecule has 0 aliphatic carbocycles. The highest BCUT2D eigenvalue weighted by Gasteiger charge is 2.32. The zero-order valence-corrected chi connectivity index (χ0v) is 16.9. The van der Waals surface area contributed by atoms with Gasteiger partial charge < -0.3 is 16.0 Å². The Morgan fingerprint density at radius 1 is 1.14 bits per heavy atom. The second kappa shape index (κ2) is 9.20. The first-order valence-electron chi connectivity index (χ1n) is 10.3. The molecule has 0 spiro atoms. The zero-order chi connectivity index (χ0) is 20.1. The molecule has 5 nitrogen and oxygen atoms in total. The average molecular weight is 382 g/mol. The van der Waals surface area contributed by atoms with Gasteiger partial charge in [0.1, 0.15) is 6.04 Å². The summed E-state index contributed by atoms with van der Waals surface area (Å²) in [6.45, 7) is 5.14. The maximum Gasteiger partial charge on any atom is 0.243 e. The molecule has 2 aromatic carbocycles. The standard InChI is InChI=1S/C23H31N3O2/c1-16(2)13-21(26-12-6-5-9-22(26)27)23(28)25-20(15-24)19-11-10-17-7-3-4-8-18(17)14-19/h3-4,7-8,10-11,14,16,20-21H,5-6,9,12-13,15,24H2,1-2H3,(H,25,28). The second-order valence-corrected chi connectivity index (χ2v) is 8.09. The van der Waals surface area contributed by atoms with Crippen molar-refractivity contribution < 1.29 is 9.59 Å². The van der Waals surface area contributed by atoms with Crippen LogP contribution in [-0.2, 0) is 9.59 Å². The summed E-state index contributed by atoms with van der Waals surface area (Å²) >= 11 is 0. The number of nitrogens with one attached hydrogen (secondary N) is 1. The van der Waals surface area contributed by atoms with E-state index in [0.29, 0.717) is 31.8 Å². The Bertz CT molecular complexity index is 833. The Labute approximate surface area is 167 Å². The summed E-state index contributed by atoms with van der Waals surface area (Å²) in [6, 6.07) is 13.6. The Balaban J connectivity index is 1.80. The van der Waals surface area contributed by atoms with Crippen LogP contribution < -0.4 is 11.1 Å². The molecule has 0 bridgehead atoms.